The molecule has 174 valence electrons. The van der Waals surface area contributed by atoms with Gasteiger partial charge in [-0.2, -0.15) is 0 Å². The van der Waals surface area contributed by atoms with Crippen molar-refractivity contribution in [2.75, 3.05) is 13.2 Å². The van der Waals surface area contributed by atoms with Crippen LogP contribution in [0.15, 0.2) is 58.0 Å². The monoisotopic (exact) mass is 471 g/mol. The molecule has 0 bridgehead atoms. The van der Waals surface area contributed by atoms with E-state index >= 15 is 0 Å². The highest BCUT2D eigenvalue weighted by Gasteiger charge is 2.50. The molecule has 0 unspecified atom stereocenters. The summed E-state index contributed by atoms with van der Waals surface area (Å²) in [5.41, 5.74) is 5.93. The number of sulfone groups is 1. The molecule has 1 fully saturated rings. The van der Waals surface area contributed by atoms with Crippen molar-refractivity contribution in [2.45, 2.75) is 41.7 Å². The molecule has 2 heterocycles. The molecule has 1 aliphatic carbocycles. The average molecular weight is 472 g/mol. The number of rotatable bonds is 8. The second-order valence-electron chi connectivity index (χ2n) is 8.01. The zero-order valence-corrected chi connectivity index (χ0v) is 18.8. The SMILES string of the molecule is NC(=O)C1(S(=O)(=O)c2ccc(OCCNC(=O)c3cc4cccnc4o3)cc2)CCCCC1. The number of primary amides is 1. The van der Waals surface area contributed by atoms with Crippen LogP contribution < -0.4 is 15.8 Å². The summed E-state index contributed by atoms with van der Waals surface area (Å²) in [5.74, 6) is -0.585. The number of carbonyl (C=O) groups excluding carboxylic acids is 2. The quantitative estimate of drug-likeness (QED) is 0.481. The first-order chi connectivity index (χ1) is 15.8. The van der Waals surface area contributed by atoms with Crippen LogP contribution in [0.25, 0.3) is 11.1 Å². The van der Waals surface area contributed by atoms with Crippen molar-refractivity contribution in [3.05, 3.63) is 54.4 Å². The van der Waals surface area contributed by atoms with E-state index in [0.29, 0.717) is 24.3 Å². The lowest BCUT2D eigenvalue weighted by Crippen LogP contribution is -2.51. The lowest BCUT2D eigenvalue weighted by Gasteiger charge is -2.33. The summed E-state index contributed by atoms with van der Waals surface area (Å²) in [5, 5.41) is 3.43. The van der Waals surface area contributed by atoms with Crippen molar-refractivity contribution < 1.29 is 27.2 Å². The van der Waals surface area contributed by atoms with Crippen molar-refractivity contribution in [3.63, 3.8) is 0 Å². The molecule has 0 atom stereocenters. The van der Waals surface area contributed by atoms with E-state index < -0.39 is 20.5 Å². The number of hydrogen-bond donors (Lipinski definition) is 2. The number of hydrogen-bond acceptors (Lipinski definition) is 7. The Hall–Kier alpha value is -3.40. The predicted molar refractivity (Wildman–Crippen MR) is 120 cm³/mol. The average Bonchev–Trinajstić information content (AvgIpc) is 3.27. The van der Waals surface area contributed by atoms with Crippen LogP contribution >= 0.6 is 0 Å². The van der Waals surface area contributed by atoms with Gasteiger partial charge in [0.05, 0.1) is 11.4 Å². The lowest BCUT2D eigenvalue weighted by molar-refractivity contribution is -0.121. The van der Waals surface area contributed by atoms with Crippen molar-refractivity contribution in [1.82, 2.24) is 10.3 Å². The van der Waals surface area contributed by atoms with Crippen LogP contribution in [0.2, 0.25) is 0 Å². The summed E-state index contributed by atoms with van der Waals surface area (Å²) in [6.45, 7) is 0.385. The molecule has 0 radical (unpaired) electrons. The van der Waals surface area contributed by atoms with E-state index in [2.05, 4.69) is 10.3 Å². The molecule has 2 aromatic heterocycles. The molecular weight excluding hydrogens is 446 g/mol. The Morgan fingerprint density at radius 3 is 2.52 bits per heavy atom. The van der Waals surface area contributed by atoms with E-state index in [-0.39, 0.29) is 42.6 Å². The third-order valence-electron chi connectivity index (χ3n) is 5.93. The van der Waals surface area contributed by atoms with Gasteiger partial charge in [-0.05, 0) is 55.3 Å². The molecule has 10 heteroatoms. The largest absolute Gasteiger partial charge is 0.492 e. The minimum absolute atomic E-state index is 0.0438. The van der Waals surface area contributed by atoms with Gasteiger partial charge < -0.3 is 20.2 Å². The molecule has 9 nitrogen and oxygen atoms in total. The zero-order valence-electron chi connectivity index (χ0n) is 18.0. The number of amides is 2. The van der Waals surface area contributed by atoms with E-state index in [0.717, 1.165) is 11.8 Å². The van der Waals surface area contributed by atoms with Crippen LogP contribution in [-0.4, -0.2) is 43.1 Å². The maximum Gasteiger partial charge on any atom is 0.287 e. The molecule has 1 saturated carbocycles. The minimum atomic E-state index is -3.92. The van der Waals surface area contributed by atoms with Crippen LogP contribution in [-0.2, 0) is 14.6 Å². The van der Waals surface area contributed by atoms with Crippen LogP contribution in [0.1, 0.15) is 42.7 Å². The Morgan fingerprint density at radius 1 is 1.12 bits per heavy atom. The summed E-state index contributed by atoms with van der Waals surface area (Å²) in [4.78, 5) is 28.4. The van der Waals surface area contributed by atoms with Crippen LogP contribution in [0.5, 0.6) is 5.75 Å². The number of aromatic nitrogens is 1. The molecule has 33 heavy (non-hydrogen) atoms. The van der Waals surface area contributed by atoms with E-state index in [1.165, 1.54) is 24.3 Å². The summed E-state index contributed by atoms with van der Waals surface area (Å²) in [7, 11) is -3.92. The zero-order chi connectivity index (χ0) is 23.5. The highest BCUT2D eigenvalue weighted by atomic mass is 32.2. The molecule has 0 spiro atoms. The van der Waals surface area contributed by atoms with Gasteiger partial charge in [0.25, 0.3) is 5.91 Å². The van der Waals surface area contributed by atoms with Gasteiger partial charge in [-0.1, -0.05) is 19.3 Å². The van der Waals surface area contributed by atoms with E-state index in [1.54, 1.807) is 24.4 Å². The second-order valence-corrected chi connectivity index (χ2v) is 10.3. The van der Waals surface area contributed by atoms with Gasteiger partial charge in [0.2, 0.25) is 11.6 Å². The molecule has 2 amide bonds. The standard InChI is InChI=1S/C23H25N3O6S/c24-22(28)23(10-2-1-3-11-23)33(29,30)18-8-6-17(7-9-18)31-14-13-25-20(27)19-15-16-5-4-12-26-21(16)32-19/h4-9,12,15H,1-3,10-11,13-14H2,(H2,24,28)(H,25,27). The Labute approximate surface area is 191 Å². The number of nitrogens with zero attached hydrogens (tertiary/aromatic N) is 1. The Balaban J connectivity index is 1.34. The van der Waals surface area contributed by atoms with Gasteiger partial charge >= 0.3 is 0 Å². The number of benzene rings is 1. The number of fused-ring (bicyclic) bond motifs is 1. The van der Waals surface area contributed by atoms with E-state index in [9.17, 15) is 18.0 Å². The number of ether oxygens (including phenoxy) is 1. The van der Waals surface area contributed by atoms with E-state index in [1.807, 2.05) is 0 Å². The van der Waals surface area contributed by atoms with Crippen molar-refractivity contribution >= 4 is 32.8 Å². The van der Waals surface area contributed by atoms with Gasteiger partial charge in [0.15, 0.2) is 20.3 Å². The van der Waals surface area contributed by atoms with Crippen molar-refractivity contribution in [2.24, 2.45) is 5.73 Å². The molecule has 0 saturated heterocycles. The molecule has 4 rings (SSSR count). The first kappa shape index (κ1) is 22.8. The normalized spacial score (nSPS) is 15.8. The van der Waals surface area contributed by atoms with Gasteiger partial charge in [-0.25, -0.2) is 13.4 Å². The molecule has 0 aliphatic heterocycles. The first-order valence-corrected chi connectivity index (χ1v) is 12.2. The highest BCUT2D eigenvalue weighted by Crippen LogP contribution is 2.39. The molecule has 1 aliphatic rings. The Kier molecular flexibility index (Phi) is 6.37. The van der Waals surface area contributed by atoms with E-state index in [4.69, 9.17) is 14.9 Å². The third kappa shape index (κ3) is 4.43. The number of pyridine rings is 1. The van der Waals surface area contributed by atoms with Gasteiger partial charge in [0.1, 0.15) is 12.4 Å². The number of nitrogens with two attached hydrogens (primary N) is 1. The fourth-order valence-corrected chi connectivity index (χ4v) is 6.15. The summed E-state index contributed by atoms with van der Waals surface area (Å²) in [6.07, 6.45) is 4.26. The van der Waals surface area contributed by atoms with Crippen molar-refractivity contribution in [1.29, 1.82) is 0 Å². The Bertz CT molecular complexity index is 1230. The van der Waals surface area contributed by atoms with Crippen LogP contribution in [0.4, 0.5) is 0 Å². The Morgan fingerprint density at radius 2 is 1.85 bits per heavy atom. The van der Waals surface area contributed by atoms with Crippen molar-refractivity contribution in [3.8, 4) is 5.75 Å². The summed E-state index contributed by atoms with van der Waals surface area (Å²) in [6, 6.07) is 11.1. The number of carbonyl (C=O) groups is 2. The number of furan rings is 1. The van der Waals surface area contributed by atoms with Gasteiger partial charge in [-0.3, -0.25) is 9.59 Å². The third-order valence-corrected chi connectivity index (χ3v) is 8.46. The highest BCUT2D eigenvalue weighted by molar-refractivity contribution is 7.93. The topological polar surface area (TPSA) is 142 Å². The predicted octanol–water partition coefficient (Wildman–Crippen LogP) is 2.60. The van der Waals surface area contributed by atoms with Crippen LogP contribution in [0.3, 0.4) is 0 Å². The molecule has 1 aromatic carbocycles. The van der Waals surface area contributed by atoms with Gasteiger partial charge in [0, 0.05) is 11.6 Å². The fourth-order valence-electron chi connectivity index (χ4n) is 4.12. The second kappa shape index (κ2) is 9.22. The fraction of sp³-hybridized carbons (Fsp3) is 0.348. The maximum absolute atomic E-state index is 13.2. The smallest absolute Gasteiger partial charge is 0.287 e. The van der Waals surface area contributed by atoms with Crippen LogP contribution in [0, 0.1) is 0 Å². The molecule has 3 N–H and O–H groups in total. The number of nitrogens with one attached hydrogen (secondary N) is 1. The maximum atomic E-state index is 13.2. The molecule has 3 aromatic rings. The van der Waals surface area contributed by atoms with Gasteiger partial charge in [-0.15, -0.1) is 0 Å². The lowest BCUT2D eigenvalue weighted by atomic mass is 9.88. The minimum Gasteiger partial charge on any atom is -0.492 e. The molecular formula is C23H25N3O6S. The summed E-state index contributed by atoms with van der Waals surface area (Å²) < 4.78 is 35.8. The first-order valence-electron chi connectivity index (χ1n) is 10.7. The summed E-state index contributed by atoms with van der Waals surface area (Å²) >= 11 is 0.